The lowest BCUT2D eigenvalue weighted by Crippen LogP contribution is -2.50. The molecule has 1 amide bonds. The van der Waals surface area contributed by atoms with Crippen molar-refractivity contribution in [3.8, 4) is 0 Å². The van der Waals surface area contributed by atoms with E-state index < -0.39 is 0 Å². The summed E-state index contributed by atoms with van der Waals surface area (Å²) in [5, 5.41) is 6.52. The molecule has 0 radical (unpaired) electrons. The van der Waals surface area contributed by atoms with Crippen LogP contribution in [0.1, 0.15) is 12.7 Å². The molecule has 9 nitrogen and oxygen atoms in total. The predicted molar refractivity (Wildman–Crippen MR) is 115 cm³/mol. The van der Waals surface area contributed by atoms with E-state index in [2.05, 4.69) is 20.0 Å². The second-order valence-corrected chi connectivity index (χ2v) is 8.13. The van der Waals surface area contributed by atoms with Crippen molar-refractivity contribution in [3.05, 3.63) is 52.2 Å². The van der Waals surface area contributed by atoms with Gasteiger partial charge in [0.15, 0.2) is 0 Å². The van der Waals surface area contributed by atoms with Crippen LogP contribution in [0.5, 0.6) is 0 Å². The molecule has 1 fully saturated rings. The summed E-state index contributed by atoms with van der Waals surface area (Å²) in [6.07, 6.45) is 4.09. The average Bonchev–Trinajstić information content (AvgIpc) is 3.38. The number of nitrogens with zero attached hydrogens (tertiary/aromatic N) is 7. The van der Waals surface area contributed by atoms with E-state index in [1.165, 1.54) is 4.68 Å². The van der Waals surface area contributed by atoms with Gasteiger partial charge >= 0.3 is 0 Å². The minimum absolute atomic E-state index is 0.0526. The Morgan fingerprint density at radius 2 is 1.90 bits per heavy atom. The number of aromatic nitrogens is 5. The van der Waals surface area contributed by atoms with Crippen LogP contribution in [0.2, 0.25) is 0 Å². The number of amides is 1. The maximum atomic E-state index is 13.0. The van der Waals surface area contributed by atoms with Crippen molar-refractivity contribution in [3.63, 3.8) is 0 Å². The van der Waals surface area contributed by atoms with Crippen LogP contribution in [0, 0.1) is 0 Å². The Bertz CT molecular complexity index is 1270. The van der Waals surface area contributed by atoms with Gasteiger partial charge in [-0.2, -0.15) is 5.10 Å². The van der Waals surface area contributed by atoms with Crippen molar-refractivity contribution in [1.82, 2.24) is 29.0 Å². The first-order valence-electron chi connectivity index (χ1n) is 9.94. The molecule has 0 bridgehead atoms. The van der Waals surface area contributed by atoms with Gasteiger partial charge in [-0.05, 0) is 23.6 Å². The summed E-state index contributed by atoms with van der Waals surface area (Å²) < 4.78 is 4.27. The molecule has 1 aliphatic rings. The Kier molecular flexibility index (Phi) is 4.70. The molecule has 0 aromatic carbocycles. The Labute approximate surface area is 176 Å². The molecular formula is C20H21N7O2S. The van der Waals surface area contributed by atoms with Crippen LogP contribution >= 0.6 is 11.3 Å². The van der Waals surface area contributed by atoms with Gasteiger partial charge in [-0.15, -0.1) is 11.3 Å². The van der Waals surface area contributed by atoms with E-state index in [9.17, 15) is 9.59 Å². The zero-order valence-corrected chi connectivity index (χ0v) is 17.4. The lowest BCUT2D eigenvalue weighted by atomic mass is 10.3. The minimum atomic E-state index is -0.236. The summed E-state index contributed by atoms with van der Waals surface area (Å²) in [7, 11) is 0. The van der Waals surface area contributed by atoms with Crippen molar-refractivity contribution < 1.29 is 4.79 Å². The van der Waals surface area contributed by atoms with Gasteiger partial charge < -0.3 is 9.80 Å². The zero-order chi connectivity index (χ0) is 20.7. The quantitative estimate of drug-likeness (QED) is 0.493. The monoisotopic (exact) mass is 423 g/mol. The summed E-state index contributed by atoms with van der Waals surface area (Å²) >= 11 is 1.59. The van der Waals surface area contributed by atoms with Gasteiger partial charge in [0.25, 0.3) is 5.56 Å². The first-order valence-corrected chi connectivity index (χ1v) is 10.8. The Balaban J connectivity index is 1.36. The molecule has 0 unspecified atom stereocenters. The Morgan fingerprint density at radius 3 is 2.63 bits per heavy atom. The lowest BCUT2D eigenvalue weighted by molar-refractivity contribution is -0.132. The van der Waals surface area contributed by atoms with Crippen LogP contribution in [-0.4, -0.2) is 61.1 Å². The number of aryl methyl sites for hydroxylation is 1. The highest BCUT2D eigenvalue weighted by Crippen LogP contribution is 2.24. The van der Waals surface area contributed by atoms with Crippen LogP contribution < -0.4 is 10.5 Å². The van der Waals surface area contributed by atoms with E-state index >= 15 is 0 Å². The molecule has 154 valence electrons. The third-order valence-electron chi connectivity index (χ3n) is 5.44. The SMILES string of the molecule is CCc1nn(CC(=O)N2CCN(c3ncccn3)CC2)c(=O)c2cc3sccc3n12. The molecule has 0 spiro atoms. The van der Waals surface area contributed by atoms with Crippen LogP contribution in [-0.2, 0) is 17.8 Å². The van der Waals surface area contributed by atoms with Gasteiger partial charge in [-0.3, -0.25) is 14.0 Å². The van der Waals surface area contributed by atoms with Gasteiger partial charge in [0, 0.05) is 45.0 Å². The molecule has 1 saturated heterocycles. The molecule has 0 N–H and O–H groups in total. The summed E-state index contributed by atoms with van der Waals surface area (Å²) in [4.78, 5) is 38.3. The molecule has 4 aromatic heterocycles. The minimum Gasteiger partial charge on any atom is -0.338 e. The van der Waals surface area contributed by atoms with Gasteiger partial charge in [-0.25, -0.2) is 14.6 Å². The van der Waals surface area contributed by atoms with Crippen LogP contribution in [0.25, 0.3) is 15.7 Å². The fraction of sp³-hybridized carbons (Fsp3) is 0.350. The number of hydrogen-bond acceptors (Lipinski definition) is 7. The van der Waals surface area contributed by atoms with E-state index in [1.807, 2.05) is 28.8 Å². The summed E-state index contributed by atoms with van der Waals surface area (Å²) in [6.45, 7) is 4.40. The first-order chi connectivity index (χ1) is 14.7. The number of fused-ring (bicyclic) bond motifs is 3. The molecular weight excluding hydrogens is 402 g/mol. The standard InChI is InChI=1S/C20H21N7O2S/c1-2-17-23-26(19(29)15-12-16-14(27(15)17)4-11-30-16)13-18(28)24-7-9-25(10-8-24)20-21-5-3-6-22-20/h3-6,11-12H,2,7-10,13H2,1H3. The number of anilines is 1. The maximum Gasteiger partial charge on any atom is 0.291 e. The van der Waals surface area contributed by atoms with Gasteiger partial charge in [0.1, 0.15) is 17.9 Å². The van der Waals surface area contributed by atoms with Crippen molar-refractivity contribution in [2.24, 2.45) is 0 Å². The zero-order valence-electron chi connectivity index (χ0n) is 16.6. The molecule has 0 atom stereocenters. The highest BCUT2D eigenvalue weighted by molar-refractivity contribution is 7.17. The van der Waals surface area contributed by atoms with Gasteiger partial charge in [-0.1, -0.05) is 6.92 Å². The third kappa shape index (κ3) is 3.13. The van der Waals surface area contributed by atoms with E-state index in [0.717, 1.165) is 16.0 Å². The Morgan fingerprint density at radius 1 is 1.13 bits per heavy atom. The van der Waals surface area contributed by atoms with Crippen molar-refractivity contribution in [2.75, 3.05) is 31.1 Å². The molecule has 4 aromatic rings. The van der Waals surface area contributed by atoms with Crippen LogP contribution in [0.4, 0.5) is 5.95 Å². The van der Waals surface area contributed by atoms with Crippen molar-refractivity contribution >= 4 is 38.9 Å². The first kappa shape index (κ1) is 18.7. The van der Waals surface area contributed by atoms with Crippen LogP contribution in [0.15, 0.2) is 40.8 Å². The summed E-state index contributed by atoms with van der Waals surface area (Å²) in [6, 6.07) is 5.67. The van der Waals surface area contributed by atoms with Gasteiger partial charge in [0.2, 0.25) is 11.9 Å². The second-order valence-electron chi connectivity index (χ2n) is 7.18. The number of thiophene rings is 1. The number of carbonyl (C=O) groups excluding carboxylic acids is 1. The van der Waals surface area contributed by atoms with E-state index in [4.69, 9.17) is 0 Å². The fourth-order valence-corrected chi connectivity index (χ4v) is 4.70. The highest BCUT2D eigenvalue weighted by Gasteiger charge is 2.24. The second kappa shape index (κ2) is 7.52. The highest BCUT2D eigenvalue weighted by atomic mass is 32.1. The maximum absolute atomic E-state index is 13.0. The summed E-state index contributed by atoms with van der Waals surface area (Å²) in [5.74, 6) is 1.35. The lowest BCUT2D eigenvalue weighted by Gasteiger charge is -2.34. The van der Waals surface area contributed by atoms with Crippen LogP contribution in [0.3, 0.4) is 0 Å². The molecule has 0 saturated carbocycles. The molecule has 1 aliphatic heterocycles. The summed E-state index contributed by atoms with van der Waals surface area (Å²) in [5.41, 5.74) is 1.33. The topological polar surface area (TPSA) is 88.6 Å². The predicted octanol–water partition coefficient (Wildman–Crippen LogP) is 1.41. The van der Waals surface area contributed by atoms with E-state index in [1.54, 1.807) is 34.7 Å². The average molecular weight is 424 g/mol. The third-order valence-corrected chi connectivity index (χ3v) is 6.29. The van der Waals surface area contributed by atoms with Crippen molar-refractivity contribution in [2.45, 2.75) is 19.9 Å². The number of piperazine rings is 1. The number of carbonyl (C=O) groups is 1. The molecule has 5 rings (SSSR count). The number of rotatable bonds is 4. The molecule has 30 heavy (non-hydrogen) atoms. The van der Waals surface area contributed by atoms with E-state index in [-0.39, 0.29) is 18.0 Å². The fourth-order valence-electron chi connectivity index (χ4n) is 3.90. The Hall–Kier alpha value is -3.27. The van der Waals surface area contributed by atoms with E-state index in [0.29, 0.717) is 44.1 Å². The molecule has 10 heteroatoms. The molecule has 5 heterocycles. The largest absolute Gasteiger partial charge is 0.338 e. The normalized spacial score (nSPS) is 14.7. The van der Waals surface area contributed by atoms with Crippen molar-refractivity contribution in [1.29, 1.82) is 0 Å². The number of hydrogen-bond donors (Lipinski definition) is 0. The van der Waals surface area contributed by atoms with Gasteiger partial charge in [0.05, 0.1) is 10.2 Å². The molecule has 0 aliphatic carbocycles. The smallest absolute Gasteiger partial charge is 0.291 e.